The summed E-state index contributed by atoms with van der Waals surface area (Å²) < 4.78 is 25.5. The van der Waals surface area contributed by atoms with E-state index in [0.29, 0.717) is 11.3 Å². The summed E-state index contributed by atoms with van der Waals surface area (Å²) in [6, 6.07) is 5.90. The van der Waals surface area contributed by atoms with Crippen LogP contribution in [0.25, 0.3) is 11.0 Å². The number of aromatic amines is 1. The topological polar surface area (TPSA) is 54.9 Å². The van der Waals surface area contributed by atoms with Gasteiger partial charge in [0.15, 0.2) is 14.6 Å². The van der Waals surface area contributed by atoms with Gasteiger partial charge in [-0.25, -0.2) is 8.42 Å². The summed E-state index contributed by atoms with van der Waals surface area (Å²) >= 11 is 5.25. The van der Waals surface area contributed by atoms with Crippen LogP contribution in [0, 0.1) is 11.7 Å². The zero-order valence-electron chi connectivity index (χ0n) is 10.4. The number of hydrogen-bond acceptors (Lipinski definition) is 3. The van der Waals surface area contributed by atoms with Crippen LogP contribution in [0.1, 0.15) is 12.5 Å². The highest BCUT2D eigenvalue weighted by Crippen LogP contribution is 2.17. The summed E-state index contributed by atoms with van der Waals surface area (Å²) in [5.74, 6) is 0.292. The molecule has 0 aliphatic carbocycles. The van der Waals surface area contributed by atoms with Crippen molar-refractivity contribution < 1.29 is 8.42 Å². The van der Waals surface area contributed by atoms with E-state index in [9.17, 15) is 8.42 Å². The Bertz CT molecular complexity index is 726. The van der Waals surface area contributed by atoms with Crippen LogP contribution in [0.3, 0.4) is 0 Å². The third-order valence-corrected chi connectivity index (χ3v) is 5.09. The van der Waals surface area contributed by atoms with E-state index in [0.717, 1.165) is 16.6 Å². The number of nitrogens with one attached hydrogen (secondary N) is 1. The van der Waals surface area contributed by atoms with Crippen molar-refractivity contribution in [2.45, 2.75) is 20.4 Å². The Kier molecular flexibility index (Phi) is 3.59. The minimum atomic E-state index is -2.97. The predicted octanol–water partition coefficient (Wildman–Crippen LogP) is 2.44. The van der Waals surface area contributed by atoms with E-state index in [1.807, 2.05) is 29.7 Å². The minimum Gasteiger partial charge on any atom is -0.330 e. The number of aryl methyl sites for hydroxylation is 2. The average molecular weight is 284 g/mol. The van der Waals surface area contributed by atoms with Gasteiger partial charge in [0.1, 0.15) is 0 Å². The Morgan fingerprint density at radius 1 is 1.39 bits per heavy atom. The first kappa shape index (κ1) is 13.3. The second-order valence-electron chi connectivity index (χ2n) is 4.29. The van der Waals surface area contributed by atoms with E-state index >= 15 is 0 Å². The molecule has 0 fully saturated rings. The molecule has 0 saturated heterocycles. The molecule has 1 aromatic carbocycles. The molecule has 0 saturated carbocycles. The highest BCUT2D eigenvalue weighted by atomic mass is 32.2. The molecule has 98 valence electrons. The third-order valence-electron chi connectivity index (χ3n) is 3.08. The molecule has 0 aliphatic heterocycles. The number of aromatic nitrogens is 2. The zero-order valence-corrected chi connectivity index (χ0v) is 12.1. The molecule has 0 unspecified atom stereocenters. The summed E-state index contributed by atoms with van der Waals surface area (Å²) in [5, 5.41) is 0. The fraction of sp³-hybridized carbons (Fsp3) is 0.417. The number of para-hydroxylation sites is 1. The lowest BCUT2D eigenvalue weighted by Crippen LogP contribution is -2.14. The molecule has 1 heterocycles. The summed E-state index contributed by atoms with van der Waals surface area (Å²) in [5.41, 5.74) is 3.05. The number of H-pyrrole nitrogens is 1. The lowest BCUT2D eigenvalue weighted by molar-refractivity contribution is 0.590. The van der Waals surface area contributed by atoms with Gasteiger partial charge in [-0.2, -0.15) is 0 Å². The zero-order chi connectivity index (χ0) is 13.3. The van der Waals surface area contributed by atoms with Crippen LogP contribution in [0.2, 0.25) is 0 Å². The third kappa shape index (κ3) is 2.49. The van der Waals surface area contributed by atoms with E-state index in [-0.39, 0.29) is 11.5 Å². The maximum atomic E-state index is 11.6. The monoisotopic (exact) mass is 284 g/mol. The summed E-state index contributed by atoms with van der Waals surface area (Å²) in [7, 11) is -2.97. The van der Waals surface area contributed by atoms with E-state index < -0.39 is 9.84 Å². The standard InChI is InChI=1S/C12H16N2O2S2/c1-3-18(15,16)8-7-14-10-6-4-5-9(2)11(10)13-12(14)17/h4-6H,3,7-8H2,1-2H3,(H,13,17). The lowest BCUT2D eigenvalue weighted by Gasteiger charge is -2.05. The van der Waals surface area contributed by atoms with E-state index in [1.54, 1.807) is 6.92 Å². The van der Waals surface area contributed by atoms with Crippen LogP contribution in [-0.4, -0.2) is 29.5 Å². The van der Waals surface area contributed by atoms with Gasteiger partial charge in [0.2, 0.25) is 0 Å². The van der Waals surface area contributed by atoms with Gasteiger partial charge < -0.3 is 9.55 Å². The first-order valence-electron chi connectivity index (χ1n) is 5.83. The van der Waals surface area contributed by atoms with Crippen LogP contribution in [0.15, 0.2) is 18.2 Å². The molecule has 2 aromatic rings. The van der Waals surface area contributed by atoms with Crippen molar-refractivity contribution in [2.75, 3.05) is 11.5 Å². The molecule has 0 spiro atoms. The maximum absolute atomic E-state index is 11.6. The van der Waals surface area contributed by atoms with E-state index in [1.165, 1.54) is 0 Å². The van der Waals surface area contributed by atoms with Crippen molar-refractivity contribution in [3.8, 4) is 0 Å². The molecule has 1 N–H and O–H groups in total. The maximum Gasteiger partial charge on any atom is 0.178 e. The fourth-order valence-corrected chi connectivity index (χ4v) is 2.96. The molecular weight excluding hydrogens is 268 g/mol. The number of imidazole rings is 1. The Morgan fingerprint density at radius 2 is 2.11 bits per heavy atom. The van der Waals surface area contributed by atoms with Crippen molar-refractivity contribution in [1.29, 1.82) is 0 Å². The minimum absolute atomic E-state index is 0.124. The largest absolute Gasteiger partial charge is 0.330 e. The second kappa shape index (κ2) is 4.85. The molecule has 18 heavy (non-hydrogen) atoms. The van der Waals surface area contributed by atoms with Gasteiger partial charge in [0.05, 0.1) is 16.8 Å². The molecule has 4 nitrogen and oxygen atoms in total. The van der Waals surface area contributed by atoms with Gasteiger partial charge in [-0.05, 0) is 30.8 Å². The molecular formula is C12H16N2O2S2. The number of nitrogens with zero attached hydrogens (tertiary/aromatic N) is 1. The molecule has 0 aliphatic rings. The molecule has 0 atom stereocenters. The van der Waals surface area contributed by atoms with Gasteiger partial charge >= 0.3 is 0 Å². The van der Waals surface area contributed by atoms with Crippen molar-refractivity contribution in [1.82, 2.24) is 9.55 Å². The Hall–Kier alpha value is -1.14. The highest BCUT2D eigenvalue weighted by molar-refractivity contribution is 7.91. The second-order valence-corrected chi connectivity index (χ2v) is 7.15. The fourth-order valence-electron chi connectivity index (χ4n) is 1.92. The summed E-state index contributed by atoms with van der Waals surface area (Å²) in [6.07, 6.45) is 0. The summed E-state index contributed by atoms with van der Waals surface area (Å²) in [6.45, 7) is 4.06. The Morgan fingerprint density at radius 3 is 2.78 bits per heavy atom. The predicted molar refractivity (Wildman–Crippen MR) is 76.2 cm³/mol. The molecule has 0 radical (unpaired) electrons. The van der Waals surface area contributed by atoms with Gasteiger partial charge in [-0.3, -0.25) is 0 Å². The number of hydrogen-bond donors (Lipinski definition) is 1. The summed E-state index contributed by atoms with van der Waals surface area (Å²) in [4.78, 5) is 3.13. The van der Waals surface area contributed by atoms with Gasteiger partial charge in [0, 0.05) is 12.3 Å². The van der Waals surface area contributed by atoms with Crippen LogP contribution in [0.4, 0.5) is 0 Å². The average Bonchev–Trinajstić information content (AvgIpc) is 2.65. The van der Waals surface area contributed by atoms with E-state index in [4.69, 9.17) is 12.2 Å². The van der Waals surface area contributed by atoms with Gasteiger partial charge in [0.25, 0.3) is 0 Å². The van der Waals surface area contributed by atoms with Crippen LogP contribution < -0.4 is 0 Å². The number of fused-ring (bicyclic) bond motifs is 1. The number of rotatable bonds is 4. The smallest absolute Gasteiger partial charge is 0.178 e. The van der Waals surface area contributed by atoms with Crippen molar-refractivity contribution in [3.05, 3.63) is 28.5 Å². The quantitative estimate of drug-likeness (QED) is 0.877. The molecule has 0 bridgehead atoms. The van der Waals surface area contributed by atoms with Crippen molar-refractivity contribution in [2.24, 2.45) is 0 Å². The van der Waals surface area contributed by atoms with Gasteiger partial charge in [-0.15, -0.1) is 0 Å². The first-order chi connectivity index (χ1) is 8.44. The van der Waals surface area contributed by atoms with Crippen molar-refractivity contribution in [3.63, 3.8) is 0 Å². The van der Waals surface area contributed by atoms with Crippen LogP contribution >= 0.6 is 12.2 Å². The Labute approximate surface area is 112 Å². The van der Waals surface area contributed by atoms with Crippen LogP contribution in [-0.2, 0) is 16.4 Å². The molecule has 6 heteroatoms. The normalized spacial score (nSPS) is 12.1. The highest BCUT2D eigenvalue weighted by Gasteiger charge is 2.11. The first-order valence-corrected chi connectivity index (χ1v) is 8.06. The number of sulfone groups is 1. The van der Waals surface area contributed by atoms with E-state index in [2.05, 4.69) is 4.98 Å². The van der Waals surface area contributed by atoms with Crippen LogP contribution in [0.5, 0.6) is 0 Å². The molecule has 2 rings (SSSR count). The van der Waals surface area contributed by atoms with Crippen molar-refractivity contribution >= 4 is 33.1 Å². The number of benzene rings is 1. The molecule has 1 aromatic heterocycles. The van der Waals surface area contributed by atoms with Gasteiger partial charge in [-0.1, -0.05) is 19.1 Å². The SMILES string of the molecule is CCS(=O)(=O)CCn1c(=S)[nH]c2c(C)cccc21. The molecule has 0 amide bonds. The Balaban J connectivity index is 2.43. The lowest BCUT2D eigenvalue weighted by atomic mass is 10.2.